The van der Waals surface area contributed by atoms with Gasteiger partial charge in [-0.05, 0) is 42.4 Å². The highest BCUT2D eigenvalue weighted by atomic mass is 16.5. The van der Waals surface area contributed by atoms with Gasteiger partial charge in [0.25, 0.3) is 0 Å². The van der Waals surface area contributed by atoms with E-state index in [1.165, 1.54) is 4.90 Å². The Morgan fingerprint density at radius 3 is 2.50 bits per heavy atom. The van der Waals surface area contributed by atoms with Crippen molar-refractivity contribution >= 4 is 6.09 Å². The molecule has 5 heteroatoms. The molecule has 2 fully saturated rings. The molecule has 2 N–H and O–H groups in total. The van der Waals surface area contributed by atoms with Gasteiger partial charge in [-0.3, -0.25) is 0 Å². The quantitative estimate of drug-likeness (QED) is 0.819. The van der Waals surface area contributed by atoms with Gasteiger partial charge in [0.15, 0.2) is 0 Å². The number of phenols is 1. The summed E-state index contributed by atoms with van der Waals surface area (Å²) in [5, 5.41) is 19.0. The molecule has 1 amide bonds. The molecule has 1 spiro atoms. The van der Waals surface area contributed by atoms with E-state index in [2.05, 4.69) is 26.8 Å². The van der Waals surface area contributed by atoms with E-state index in [-0.39, 0.29) is 28.8 Å². The highest BCUT2D eigenvalue weighted by Gasteiger charge is 2.51. The van der Waals surface area contributed by atoms with E-state index in [4.69, 9.17) is 9.84 Å². The number of likely N-dealkylation sites (tertiary alicyclic amines) is 1. The van der Waals surface area contributed by atoms with Crippen molar-refractivity contribution in [2.75, 3.05) is 13.1 Å². The molecule has 2 unspecified atom stereocenters. The Hall–Kier alpha value is -1.75. The molecular weight excluding hydrogens is 306 g/mol. The third-order valence-electron chi connectivity index (χ3n) is 5.43. The highest BCUT2D eigenvalue weighted by molar-refractivity contribution is 5.65. The van der Waals surface area contributed by atoms with Crippen molar-refractivity contribution in [2.45, 2.75) is 57.7 Å². The smallest absolute Gasteiger partial charge is 0.407 e. The number of ether oxygens (including phenoxy) is 1. The monoisotopic (exact) mass is 333 g/mol. The largest absolute Gasteiger partial charge is 0.508 e. The Labute approximate surface area is 143 Å². The topological polar surface area (TPSA) is 70.0 Å². The van der Waals surface area contributed by atoms with Crippen molar-refractivity contribution in [1.82, 2.24) is 4.90 Å². The van der Waals surface area contributed by atoms with Crippen molar-refractivity contribution in [1.29, 1.82) is 0 Å². The SMILES string of the molecule is CC(C)(C)C1OC2(CCN(C(=O)O)CC2)CC1c1cccc(O)c1. The van der Waals surface area contributed by atoms with Crippen molar-refractivity contribution in [3.8, 4) is 5.75 Å². The van der Waals surface area contributed by atoms with Gasteiger partial charge >= 0.3 is 6.09 Å². The second-order valence-corrected chi connectivity index (χ2v) is 8.26. The predicted molar refractivity (Wildman–Crippen MR) is 91.4 cm³/mol. The average Bonchev–Trinajstić information content (AvgIpc) is 2.87. The Morgan fingerprint density at radius 2 is 1.96 bits per heavy atom. The average molecular weight is 333 g/mol. The summed E-state index contributed by atoms with van der Waals surface area (Å²) in [6.45, 7) is 7.59. The molecule has 1 aromatic rings. The maximum absolute atomic E-state index is 11.2. The molecule has 24 heavy (non-hydrogen) atoms. The maximum Gasteiger partial charge on any atom is 0.407 e. The summed E-state index contributed by atoms with van der Waals surface area (Å²) >= 11 is 0. The minimum atomic E-state index is -0.847. The van der Waals surface area contributed by atoms with Crippen LogP contribution in [0, 0.1) is 5.41 Å². The fraction of sp³-hybridized carbons (Fsp3) is 0.632. The lowest BCUT2D eigenvalue weighted by molar-refractivity contribution is -0.105. The number of aromatic hydroxyl groups is 1. The van der Waals surface area contributed by atoms with E-state index in [9.17, 15) is 9.90 Å². The van der Waals surface area contributed by atoms with E-state index in [0.29, 0.717) is 13.1 Å². The summed E-state index contributed by atoms with van der Waals surface area (Å²) in [7, 11) is 0. The van der Waals surface area contributed by atoms with Crippen molar-refractivity contribution in [2.24, 2.45) is 5.41 Å². The van der Waals surface area contributed by atoms with E-state index < -0.39 is 6.09 Å². The van der Waals surface area contributed by atoms with E-state index in [1.807, 2.05) is 12.1 Å². The van der Waals surface area contributed by atoms with Gasteiger partial charge in [-0.2, -0.15) is 0 Å². The van der Waals surface area contributed by atoms with Crippen molar-refractivity contribution in [3.05, 3.63) is 29.8 Å². The Balaban J connectivity index is 1.85. The number of piperidine rings is 1. The number of nitrogens with zero attached hydrogens (tertiary/aromatic N) is 1. The molecule has 2 atom stereocenters. The molecule has 2 aliphatic rings. The molecule has 2 saturated heterocycles. The van der Waals surface area contributed by atoms with Crippen LogP contribution in [0.5, 0.6) is 5.75 Å². The molecular formula is C19H27NO4. The molecule has 0 saturated carbocycles. The number of carbonyl (C=O) groups is 1. The highest BCUT2D eigenvalue weighted by Crippen LogP contribution is 2.51. The molecule has 0 aliphatic carbocycles. The predicted octanol–water partition coefficient (Wildman–Crippen LogP) is 3.82. The van der Waals surface area contributed by atoms with Crippen LogP contribution in [-0.4, -0.2) is 46.0 Å². The number of amides is 1. The molecule has 0 radical (unpaired) electrons. The molecule has 2 aliphatic heterocycles. The lowest BCUT2D eigenvalue weighted by Crippen LogP contribution is -2.46. The minimum Gasteiger partial charge on any atom is -0.508 e. The third kappa shape index (κ3) is 3.22. The number of rotatable bonds is 1. The number of phenolic OH excluding ortho intramolecular Hbond substituents is 1. The molecule has 0 bridgehead atoms. The zero-order chi connectivity index (χ0) is 17.5. The summed E-state index contributed by atoms with van der Waals surface area (Å²) in [5.41, 5.74) is 0.830. The summed E-state index contributed by atoms with van der Waals surface area (Å²) < 4.78 is 6.59. The van der Waals surface area contributed by atoms with Gasteiger partial charge in [0.05, 0.1) is 11.7 Å². The lowest BCUT2D eigenvalue weighted by Gasteiger charge is -2.39. The second-order valence-electron chi connectivity index (χ2n) is 8.26. The van der Waals surface area contributed by atoms with Gasteiger partial charge in [-0.15, -0.1) is 0 Å². The van der Waals surface area contributed by atoms with Gasteiger partial charge in [-0.25, -0.2) is 4.79 Å². The molecule has 0 aromatic heterocycles. The van der Waals surface area contributed by atoms with Crippen LogP contribution in [0.2, 0.25) is 0 Å². The first-order chi connectivity index (χ1) is 11.2. The van der Waals surface area contributed by atoms with Crippen LogP contribution in [0.3, 0.4) is 0 Å². The number of hydrogen-bond donors (Lipinski definition) is 2. The van der Waals surface area contributed by atoms with Crippen LogP contribution >= 0.6 is 0 Å². The summed E-state index contributed by atoms with van der Waals surface area (Å²) in [5.74, 6) is 0.496. The van der Waals surface area contributed by atoms with Crippen molar-refractivity contribution in [3.63, 3.8) is 0 Å². The fourth-order valence-corrected chi connectivity index (χ4v) is 4.16. The first-order valence-corrected chi connectivity index (χ1v) is 8.65. The molecule has 1 aromatic carbocycles. The third-order valence-corrected chi connectivity index (χ3v) is 5.43. The second kappa shape index (κ2) is 5.96. The van der Waals surface area contributed by atoms with Gasteiger partial charge < -0.3 is 19.8 Å². The van der Waals surface area contributed by atoms with Crippen LogP contribution in [-0.2, 0) is 4.74 Å². The van der Waals surface area contributed by atoms with Gasteiger partial charge in [0.2, 0.25) is 0 Å². The zero-order valence-electron chi connectivity index (χ0n) is 14.7. The van der Waals surface area contributed by atoms with E-state index >= 15 is 0 Å². The minimum absolute atomic E-state index is 0.0242. The normalized spacial score (nSPS) is 26.7. The Morgan fingerprint density at radius 1 is 1.29 bits per heavy atom. The van der Waals surface area contributed by atoms with Gasteiger partial charge in [-0.1, -0.05) is 32.9 Å². The van der Waals surface area contributed by atoms with E-state index in [0.717, 1.165) is 24.8 Å². The van der Waals surface area contributed by atoms with Crippen molar-refractivity contribution < 1.29 is 19.7 Å². The maximum atomic E-state index is 11.2. The molecule has 5 nitrogen and oxygen atoms in total. The number of benzene rings is 1. The standard InChI is InChI=1S/C19H27NO4/c1-18(2,3)16-15(13-5-4-6-14(21)11-13)12-19(24-16)7-9-20(10-8-19)17(22)23/h4-6,11,15-16,21H,7-10,12H2,1-3H3,(H,22,23). The first-order valence-electron chi connectivity index (χ1n) is 8.65. The zero-order valence-corrected chi connectivity index (χ0v) is 14.7. The summed E-state index contributed by atoms with van der Waals surface area (Å²) in [6.07, 6.45) is 1.56. The summed E-state index contributed by atoms with van der Waals surface area (Å²) in [4.78, 5) is 12.6. The fourth-order valence-electron chi connectivity index (χ4n) is 4.16. The van der Waals surface area contributed by atoms with Crippen LogP contribution < -0.4 is 0 Å². The Bertz CT molecular complexity index is 614. The Kier molecular flexibility index (Phi) is 4.24. The van der Waals surface area contributed by atoms with Crippen LogP contribution in [0.4, 0.5) is 4.79 Å². The molecule has 3 rings (SSSR count). The molecule has 132 valence electrons. The van der Waals surface area contributed by atoms with Gasteiger partial charge in [0.1, 0.15) is 5.75 Å². The lowest BCUT2D eigenvalue weighted by atomic mass is 9.75. The van der Waals surface area contributed by atoms with Gasteiger partial charge in [0, 0.05) is 19.0 Å². The van der Waals surface area contributed by atoms with Crippen LogP contribution in [0.1, 0.15) is 51.5 Å². The number of carboxylic acid groups (broad SMARTS) is 1. The summed E-state index contributed by atoms with van der Waals surface area (Å²) in [6, 6.07) is 7.45. The van der Waals surface area contributed by atoms with Crippen LogP contribution in [0.25, 0.3) is 0 Å². The first kappa shape index (κ1) is 17.1. The number of hydrogen-bond acceptors (Lipinski definition) is 3. The molecule has 2 heterocycles. The van der Waals surface area contributed by atoms with E-state index in [1.54, 1.807) is 6.07 Å². The van der Waals surface area contributed by atoms with Crippen LogP contribution in [0.15, 0.2) is 24.3 Å².